The first kappa shape index (κ1) is 27.9. The van der Waals surface area contributed by atoms with Crippen molar-refractivity contribution < 1.29 is 38.0 Å². The summed E-state index contributed by atoms with van der Waals surface area (Å²) in [5.41, 5.74) is 1.90. The monoisotopic (exact) mass is 518 g/mol. The zero-order chi connectivity index (χ0) is 27.7. The standard InChI is InChI=1S/C30H30O8/c1-33-25-13-9-19(15-29(25)37-5)7-11-23(31)21-17-22(28(36-4)18-27(21)35-3)24(32)12-8-20-10-14-26(34-2)30(16-20)38-6/h7-18H,1-6H3/b11-7+,12-8+. The van der Waals surface area contributed by atoms with Crippen LogP contribution >= 0.6 is 0 Å². The second-order valence-electron chi connectivity index (χ2n) is 7.88. The minimum absolute atomic E-state index is 0.216. The van der Waals surface area contributed by atoms with Gasteiger partial charge in [-0.05, 0) is 53.6 Å². The van der Waals surface area contributed by atoms with E-state index >= 15 is 0 Å². The van der Waals surface area contributed by atoms with Crippen molar-refractivity contribution in [3.63, 3.8) is 0 Å². The Balaban J connectivity index is 1.92. The second-order valence-corrected chi connectivity index (χ2v) is 7.88. The lowest BCUT2D eigenvalue weighted by Crippen LogP contribution is -2.06. The number of methoxy groups -OCH3 is 6. The number of ether oxygens (including phenoxy) is 6. The van der Waals surface area contributed by atoms with E-state index in [1.54, 1.807) is 62.8 Å². The van der Waals surface area contributed by atoms with Crippen LogP contribution in [0.4, 0.5) is 0 Å². The number of rotatable bonds is 12. The first-order valence-electron chi connectivity index (χ1n) is 11.5. The lowest BCUT2D eigenvalue weighted by Gasteiger charge is -2.12. The van der Waals surface area contributed by atoms with E-state index in [1.807, 2.05) is 0 Å². The molecule has 198 valence electrons. The smallest absolute Gasteiger partial charge is 0.189 e. The summed E-state index contributed by atoms with van der Waals surface area (Å²) in [4.78, 5) is 26.3. The van der Waals surface area contributed by atoms with E-state index < -0.39 is 0 Å². The van der Waals surface area contributed by atoms with E-state index in [2.05, 4.69) is 0 Å². The predicted octanol–water partition coefficient (Wildman–Crippen LogP) is 5.53. The van der Waals surface area contributed by atoms with Gasteiger partial charge in [0, 0.05) is 6.07 Å². The highest BCUT2D eigenvalue weighted by molar-refractivity contribution is 6.13. The normalized spacial score (nSPS) is 10.9. The third kappa shape index (κ3) is 6.34. The van der Waals surface area contributed by atoms with E-state index in [0.29, 0.717) is 23.0 Å². The molecule has 0 unspecified atom stereocenters. The Labute approximate surface area is 222 Å². The molecule has 0 N–H and O–H groups in total. The lowest BCUT2D eigenvalue weighted by atomic mass is 10.0. The Morgan fingerprint density at radius 1 is 0.474 bits per heavy atom. The van der Waals surface area contributed by atoms with Crippen molar-refractivity contribution >= 4 is 23.7 Å². The molecule has 0 saturated carbocycles. The van der Waals surface area contributed by atoms with Crippen LogP contribution in [0.1, 0.15) is 31.8 Å². The largest absolute Gasteiger partial charge is 0.496 e. The lowest BCUT2D eigenvalue weighted by molar-refractivity contribution is 0.104. The van der Waals surface area contributed by atoms with Crippen molar-refractivity contribution in [3.05, 3.63) is 82.9 Å². The summed E-state index contributed by atoms with van der Waals surface area (Å²) in [6.45, 7) is 0. The third-order valence-electron chi connectivity index (χ3n) is 5.72. The van der Waals surface area contributed by atoms with Gasteiger partial charge < -0.3 is 28.4 Å². The molecule has 0 heterocycles. The van der Waals surface area contributed by atoms with Gasteiger partial charge in [-0.2, -0.15) is 0 Å². The number of hydrogen-bond donors (Lipinski definition) is 0. The van der Waals surface area contributed by atoms with Crippen LogP contribution in [-0.4, -0.2) is 54.2 Å². The molecule has 0 spiro atoms. The third-order valence-corrected chi connectivity index (χ3v) is 5.72. The molecule has 0 amide bonds. The summed E-state index contributed by atoms with van der Waals surface area (Å²) in [6, 6.07) is 13.6. The van der Waals surface area contributed by atoms with Crippen LogP contribution < -0.4 is 28.4 Å². The topological polar surface area (TPSA) is 89.5 Å². The summed E-state index contributed by atoms with van der Waals surface area (Å²) >= 11 is 0. The van der Waals surface area contributed by atoms with Crippen LogP contribution in [-0.2, 0) is 0 Å². The van der Waals surface area contributed by atoms with Gasteiger partial charge in [0.1, 0.15) is 11.5 Å². The summed E-state index contributed by atoms with van der Waals surface area (Å²) in [5.74, 6) is 2.11. The molecule has 8 nitrogen and oxygen atoms in total. The van der Waals surface area contributed by atoms with Gasteiger partial charge in [-0.15, -0.1) is 0 Å². The van der Waals surface area contributed by atoms with E-state index in [-0.39, 0.29) is 34.2 Å². The van der Waals surface area contributed by atoms with Gasteiger partial charge in [-0.25, -0.2) is 0 Å². The maximum atomic E-state index is 13.1. The maximum Gasteiger partial charge on any atom is 0.189 e. The average molecular weight is 519 g/mol. The van der Waals surface area contributed by atoms with Gasteiger partial charge in [-0.1, -0.05) is 24.3 Å². The molecule has 0 atom stereocenters. The highest BCUT2D eigenvalue weighted by Gasteiger charge is 2.19. The molecule has 0 bridgehead atoms. The molecule has 8 heteroatoms. The Morgan fingerprint density at radius 3 is 1.18 bits per heavy atom. The van der Waals surface area contributed by atoms with Crippen molar-refractivity contribution in [2.75, 3.05) is 42.7 Å². The highest BCUT2D eigenvalue weighted by Crippen LogP contribution is 2.32. The molecule has 0 radical (unpaired) electrons. The van der Waals surface area contributed by atoms with Gasteiger partial charge in [0.05, 0.1) is 53.8 Å². The summed E-state index contributed by atoms with van der Waals surface area (Å²) < 4.78 is 32.0. The van der Waals surface area contributed by atoms with Gasteiger partial charge in [-0.3, -0.25) is 9.59 Å². The number of allylic oxidation sites excluding steroid dienone is 2. The summed E-state index contributed by atoms with van der Waals surface area (Å²) in [5, 5.41) is 0. The fraction of sp³-hybridized carbons (Fsp3) is 0.200. The fourth-order valence-corrected chi connectivity index (χ4v) is 3.72. The van der Waals surface area contributed by atoms with E-state index in [9.17, 15) is 9.59 Å². The van der Waals surface area contributed by atoms with Crippen LogP contribution in [0.25, 0.3) is 12.2 Å². The molecule has 3 aromatic rings. The summed E-state index contributed by atoms with van der Waals surface area (Å²) in [7, 11) is 9.07. The minimum atomic E-state index is -0.350. The van der Waals surface area contributed by atoms with Gasteiger partial charge >= 0.3 is 0 Å². The van der Waals surface area contributed by atoms with Crippen molar-refractivity contribution in [1.29, 1.82) is 0 Å². The molecule has 0 aromatic heterocycles. The quantitative estimate of drug-likeness (QED) is 0.228. The van der Waals surface area contributed by atoms with Crippen molar-refractivity contribution in [1.82, 2.24) is 0 Å². The summed E-state index contributed by atoms with van der Waals surface area (Å²) in [6.07, 6.45) is 6.09. The van der Waals surface area contributed by atoms with E-state index in [4.69, 9.17) is 28.4 Å². The molecule has 3 aromatic carbocycles. The molecule has 0 fully saturated rings. The second kappa shape index (κ2) is 13.0. The number of carbonyl (C=O) groups excluding carboxylic acids is 2. The molecule has 38 heavy (non-hydrogen) atoms. The Kier molecular flexibility index (Phi) is 9.54. The number of carbonyl (C=O) groups is 2. The first-order chi connectivity index (χ1) is 18.4. The first-order valence-corrected chi connectivity index (χ1v) is 11.5. The van der Waals surface area contributed by atoms with E-state index in [1.165, 1.54) is 52.7 Å². The molecular weight excluding hydrogens is 488 g/mol. The van der Waals surface area contributed by atoms with Gasteiger partial charge in [0.2, 0.25) is 0 Å². The number of ketones is 2. The fourth-order valence-electron chi connectivity index (χ4n) is 3.72. The number of benzene rings is 3. The molecule has 0 aliphatic rings. The Hall–Kier alpha value is -4.72. The Morgan fingerprint density at radius 2 is 0.842 bits per heavy atom. The molecular formula is C30H30O8. The van der Waals surface area contributed by atoms with Crippen LogP contribution in [0.15, 0.2) is 60.7 Å². The molecule has 0 saturated heterocycles. The average Bonchev–Trinajstić information content (AvgIpc) is 2.97. The van der Waals surface area contributed by atoms with E-state index in [0.717, 1.165) is 11.1 Å². The predicted molar refractivity (Wildman–Crippen MR) is 145 cm³/mol. The van der Waals surface area contributed by atoms with Crippen LogP contribution in [0.5, 0.6) is 34.5 Å². The maximum absolute atomic E-state index is 13.1. The van der Waals surface area contributed by atoms with Crippen LogP contribution in [0, 0.1) is 0 Å². The zero-order valence-corrected chi connectivity index (χ0v) is 22.2. The van der Waals surface area contributed by atoms with Crippen molar-refractivity contribution in [2.45, 2.75) is 0 Å². The van der Waals surface area contributed by atoms with Gasteiger partial charge in [0.15, 0.2) is 34.6 Å². The van der Waals surface area contributed by atoms with Crippen LogP contribution in [0.3, 0.4) is 0 Å². The minimum Gasteiger partial charge on any atom is -0.496 e. The van der Waals surface area contributed by atoms with Gasteiger partial charge in [0.25, 0.3) is 0 Å². The molecule has 0 aliphatic carbocycles. The van der Waals surface area contributed by atoms with Crippen molar-refractivity contribution in [3.8, 4) is 34.5 Å². The Bertz CT molecular complexity index is 1270. The van der Waals surface area contributed by atoms with Crippen molar-refractivity contribution in [2.24, 2.45) is 0 Å². The molecule has 3 rings (SSSR count). The van der Waals surface area contributed by atoms with Crippen LogP contribution in [0.2, 0.25) is 0 Å². The SMILES string of the molecule is COc1ccc(/C=C/C(=O)c2cc(C(=O)/C=C/c3ccc(OC)c(OC)c3)c(OC)cc2OC)cc1OC. The zero-order valence-electron chi connectivity index (χ0n) is 22.2. The number of hydrogen-bond acceptors (Lipinski definition) is 8. The molecule has 0 aliphatic heterocycles. The highest BCUT2D eigenvalue weighted by atomic mass is 16.5.